The first-order valence-electron chi connectivity index (χ1n) is 5.09. The van der Waals surface area contributed by atoms with Crippen molar-refractivity contribution in [1.29, 1.82) is 0 Å². The lowest BCUT2D eigenvalue weighted by molar-refractivity contribution is -0.131. The van der Waals surface area contributed by atoms with E-state index in [0.717, 1.165) is 27.1 Å². The van der Waals surface area contributed by atoms with Gasteiger partial charge in [0.15, 0.2) is 0 Å². The molecule has 0 aliphatic rings. The maximum Gasteiger partial charge on any atom is 0.328 e. The molecule has 0 saturated carbocycles. The summed E-state index contributed by atoms with van der Waals surface area (Å²) in [6, 6.07) is 5.72. The molecular formula is C13H11BrO3. The number of hydrogen-bond donors (Lipinski definition) is 1. The molecule has 0 amide bonds. The molecule has 1 aromatic carbocycles. The van der Waals surface area contributed by atoms with Gasteiger partial charge in [-0.3, -0.25) is 0 Å². The molecule has 2 rings (SSSR count). The van der Waals surface area contributed by atoms with Crippen molar-refractivity contribution in [3.63, 3.8) is 0 Å². The van der Waals surface area contributed by atoms with E-state index in [2.05, 4.69) is 15.9 Å². The highest BCUT2D eigenvalue weighted by atomic mass is 79.9. The van der Waals surface area contributed by atoms with E-state index in [9.17, 15) is 4.79 Å². The number of aliphatic carboxylic acids is 1. The van der Waals surface area contributed by atoms with Crippen LogP contribution in [0.2, 0.25) is 0 Å². The first-order valence-corrected chi connectivity index (χ1v) is 5.88. The molecule has 0 atom stereocenters. The third kappa shape index (κ3) is 2.26. The van der Waals surface area contributed by atoms with Crippen molar-refractivity contribution in [3.8, 4) is 0 Å². The van der Waals surface area contributed by atoms with Crippen molar-refractivity contribution in [1.82, 2.24) is 0 Å². The van der Waals surface area contributed by atoms with Gasteiger partial charge in [0.2, 0.25) is 0 Å². The SMILES string of the molecule is C/C(=C\C(=O)O)c1oc2ccc(Br)cc2c1C. The molecule has 1 N–H and O–H groups in total. The lowest BCUT2D eigenvalue weighted by atomic mass is 10.1. The number of aryl methyl sites for hydroxylation is 1. The van der Waals surface area contributed by atoms with E-state index in [0.29, 0.717) is 11.3 Å². The summed E-state index contributed by atoms with van der Waals surface area (Å²) in [6.45, 7) is 3.65. The lowest BCUT2D eigenvalue weighted by Gasteiger charge is -1.96. The number of fused-ring (bicyclic) bond motifs is 1. The van der Waals surface area contributed by atoms with Crippen molar-refractivity contribution < 1.29 is 14.3 Å². The van der Waals surface area contributed by atoms with Crippen LogP contribution >= 0.6 is 15.9 Å². The fourth-order valence-electron chi connectivity index (χ4n) is 1.82. The number of hydrogen-bond acceptors (Lipinski definition) is 2. The van der Waals surface area contributed by atoms with Gasteiger partial charge < -0.3 is 9.52 Å². The van der Waals surface area contributed by atoms with Gasteiger partial charge in [-0.05, 0) is 37.6 Å². The van der Waals surface area contributed by atoms with Crippen molar-refractivity contribution in [3.05, 3.63) is 40.1 Å². The Hall–Kier alpha value is -1.55. The predicted molar refractivity (Wildman–Crippen MR) is 69.9 cm³/mol. The molecule has 17 heavy (non-hydrogen) atoms. The van der Waals surface area contributed by atoms with Crippen LogP contribution in [0.3, 0.4) is 0 Å². The van der Waals surface area contributed by atoms with Crippen molar-refractivity contribution >= 4 is 38.4 Å². The number of benzene rings is 1. The molecule has 0 aliphatic heterocycles. The van der Waals surface area contributed by atoms with Gasteiger partial charge in [0.25, 0.3) is 0 Å². The van der Waals surface area contributed by atoms with Crippen molar-refractivity contribution in [2.75, 3.05) is 0 Å². The lowest BCUT2D eigenvalue weighted by Crippen LogP contribution is -1.89. The topological polar surface area (TPSA) is 50.4 Å². The molecule has 0 fully saturated rings. The molecule has 3 nitrogen and oxygen atoms in total. The number of carboxylic acid groups (broad SMARTS) is 1. The molecule has 1 aromatic heterocycles. The Balaban J connectivity index is 2.64. The predicted octanol–water partition coefficient (Wildman–Crippen LogP) is 3.99. The summed E-state index contributed by atoms with van der Waals surface area (Å²) in [7, 11) is 0. The fraction of sp³-hybridized carbons (Fsp3) is 0.154. The average molecular weight is 295 g/mol. The van der Waals surface area contributed by atoms with Crippen LogP contribution in [0, 0.1) is 6.92 Å². The van der Waals surface area contributed by atoms with E-state index in [1.807, 2.05) is 25.1 Å². The minimum Gasteiger partial charge on any atom is -0.478 e. The van der Waals surface area contributed by atoms with E-state index in [-0.39, 0.29) is 0 Å². The molecular weight excluding hydrogens is 284 g/mol. The molecule has 0 aliphatic carbocycles. The van der Waals surface area contributed by atoms with Gasteiger partial charge in [-0.25, -0.2) is 4.79 Å². The third-order valence-corrected chi connectivity index (χ3v) is 3.09. The average Bonchev–Trinajstić information content (AvgIpc) is 2.55. The molecule has 0 bridgehead atoms. The normalized spacial score (nSPS) is 12.1. The van der Waals surface area contributed by atoms with Gasteiger partial charge in [-0.2, -0.15) is 0 Å². The number of halogens is 1. The Labute approximate surface area is 107 Å². The zero-order valence-electron chi connectivity index (χ0n) is 9.45. The molecule has 1 heterocycles. The second-order valence-electron chi connectivity index (χ2n) is 3.86. The quantitative estimate of drug-likeness (QED) is 0.852. The Morgan fingerprint density at radius 1 is 1.47 bits per heavy atom. The minimum atomic E-state index is -0.969. The first-order chi connectivity index (χ1) is 7.99. The van der Waals surface area contributed by atoms with E-state index in [4.69, 9.17) is 9.52 Å². The minimum absolute atomic E-state index is 0.613. The summed E-state index contributed by atoms with van der Waals surface area (Å²) in [5.41, 5.74) is 2.33. The maximum absolute atomic E-state index is 10.6. The van der Waals surface area contributed by atoms with Gasteiger partial charge in [-0.15, -0.1) is 0 Å². The van der Waals surface area contributed by atoms with Gasteiger partial charge in [0.05, 0.1) is 0 Å². The van der Waals surface area contributed by atoms with Crippen LogP contribution in [0.5, 0.6) is 0 Å². The molecule has 2 aromatic rings. The van der Waals surface area contributed by atoms with Crippen LogP contribution in [0.25, 0.3) is 16.5 Å². The summed E-state index contributed by atoms with van der Waals surface area (Å²) in [5.74, 6) is -0.343. The largest absolute Gasteiger partial charge is 0.478 e. The molecule has 88 valence electrons. The highest BCUT2D eigenvalue weighted by molar-refractivity contribution is 9.10. The fourth-order valence-corrected chi connectivity index (χ4v) is 2.18. The highest BCUT2D eigenvalue weighted by Gasteiger charge is 2.12. The summed E-state index contributed by atoms with van der Waals surface area (Å²) in [6.07, 6.45) is 1.15. The van der Waals surface area contributed by atoms with Gasteiger partial charge in [-0.1, -0.05) is 15.9 Å². The van der Waals surface area contributed by atoms with Crippen LogP contribution in [0.1, 0.15) is 18.2 Å². The van der Waals surface area contributed by atoms with Crippen molar-refractivity contribution in [2.45, 2.75) is 13.8 Å². The second-order valence-corrected chi connectivity index (χ2v) is 4.78. The smallest absolute Gasteiger partial charge is 0.328 e. The first kappa shape index (κ1) is 11.9. The Bertz CT molecular complexity index is 623. The number of carbonyl (C=O) groups is 1. The van der Waals surface area contributed by atoms with E-state index in [1.165, 1.54) is 0 Å². The Morgan fingerprint density at radius 3 is 2.82 bits per heavy atom. The summed E-state index contributed by atoms with van der Waals surface area (Å²) in [5, 5.41) is 9.72. The number of rotatable bonds is 2. The van der Waals surface area contributed by atoms with E-state index < -0.39 is 5.97 Å². The standard InChI is InChI=1S/C13H11BrO3/c1-7(5-12(15)16)13-8(2)10-6-9(14)3-4-11(10)17-13/h3-6H,1-2H3,(H,15,16)/b7-5+. The summed E-state index contributed by atoms with van der Waals surface area (Å²) in [4.78, 5) is 10.6. The molecule has 0 saturated heterocycles. The van der Waals surface area contributed by atoms with E-state index >= 15 is 0 Å². The van der Waals surface area contributed by atoms with Gasteiger partial charge in [0.1, 0.15) is 11.3 Å². The van der Waals surface area contributed by atoms with Crippen molar-refractivity contribution in [2.24, 2.45) is 0 Å². The highest BCUT2D eigenvalue weighted by Crippen LogP contribution is 2.31. The molecule has 0 spiro atoms. The third-order valence-electron chi connectivity index (χ3n) is 2.60. The Kier molecular flexibility index (Phi) is 3.07. The van der Waals surface area contributed by atoms with Crippen LogP contribution in [0.15, 0.2) is 33.2 Å². The molecule has 4 heteroatoms. The number of allylic oxidation sites excluding steroid dienone is 1. The van der Waals surface area contributed by atoms with Gasteiger partial charge >= 0.3 is 5.97 Å². The molecule has 0 unspecified atom stereocenters. The number of carboxylic acids is 1. The summed E-state index contributed by atoms with van der Waals surface area (Å²) < 4.78 is 6.64. The zero-order valence-corrected chi connectivity index (χ0v) is 11.0. The summed E-state index contributed by atoms with van der Waals surface area (Å²) >= 11 is 3.40. The van der Waals surface area contributed by atoms with Crippen LogP contribution in [0.4, 0.5) is 0 Å². The van der Waals surface area contributed by atoms with Gasteiger partial charge in [0, 0.05) is 21.5 Å². The maximum atomic E-state index is 10.6. The van der Waals surface area contributed by atoms with Crippen LogP contribution in [-0.2, 0) is 4.79 Å². The number of furan rings is 1. The molecule has 0 radical (unpaired) electrons. The van der Waals surface area contributed by atoms with Crippen LogP contribution in [-0.4, -0.2) is 11.1 Å². The Morgan fingerprint density at radius 2 is 2.18 bits per heavy atom. The van der Waals surface area contributed by atoms with Crippen LogP contribution < -0.4 is 0 Å². The zero-order chi connectivity index (χ0) is 12.6. The second kappa shape index (κ2) is 4.37. The van der Waals surface area contributed by atoms with E-state index in [1.54, 1.807) is 6.92 Å². The monoisotopic (exact) mass is 294 g/mol.